The van der Waals surface area contributed by atoms with Gasteiger partial charge < -0.3 is 19.5 Å². The molecule has 32 heavy (non-hydrogen) atoms. The third-order valence-corrected chi connectivity index (χ3v) is 6.33. The molecule has 3 heterocycles. The number of aryl methyl sites for hydroxylation is 1. The standard InChI is InChI=1S/C24H31BrN6O/c1-5-32-21-12-17(4)20(13-19(21)16(2)3)28-23-6-9-26-24(29-23)30-10-7-18(8-11-30)31-14-22(25)27-15-31/h6,9,12-16,18H,5,7-8,10-11H2,1-4H3,(H,26,28,29). The maximum absolute atomic E-state index is 5.86. The first-order valence-corrected chi connectivity index (χ1v) is 12.0. The van der Waals surface area contributed by atoms with Crippen LogP contribution in [0.2, 0.25) is 0 Å². The predicted molar refractivity (Wildman–Crippen MR) is 132 cm³/mol. The van der Waals surface area contributed by atoms with Crippen LogP contribution < -0.4 is 15.0 Å². The normalized spacial score (nSPS) is 14.8. The van der Waals surface area contributed by atoms with Gasteiger partial charge in [-0.1, -0.05) is 13.8 Å². The average Bonchev–Trinajstić information content (AvgIpc) is 3.22. The minimum Gasteiger partial charge on any atom is -0.494 e. The molecule has 8 heteroatoms. The van der Waals surface area contributed by atoms with Crippen LogP contribution >= 0.6 is 15.9 Å². The number of hydrogen-bond donors (Lipinski definition) is 1. The van der Waals surface area contributed by atoms with Crippen molar-refractivity contribution in [1.82, 2.24) is 19.5 Å². The summed E-state index contributed by atoms with van der Waals surface area (Å²) in [6, 6.07) is 6.68. The molecule has 1 aliphatic rings. The van der Waals surface area contributed by atoms with Crippen LogP contribution in [0.1, 0.15) is 56.7 Å². The van der Waals surface area contributed by atoms with Gasteiger partial charge in [0.25, 0.3) is 0 Å². The molecule has 170 valence electrons. The Balaban J connectivity index is 1.47. The lowest BCUT2D eigenvalue weighted by Crippen LogP contribution is -2.35. The minimum absolute atomic E-state index is 0.371. The summed E-state index contributed by atoms with van der Waals surface area (Å²) in [6.45, 7) is 11.0. The molecule has 1 N–H and O–H groups in total. The smallest absolute Gasteiger partial charge is 0.227 e. The van der Waals surface area contributed by atoms with Gasteiger partial charge in [0.2, 0.25) is 5.95 Å². The fourth-order valence-electron chi connectivity index (χ4n) is 4.15. The van der Waals surface area contributed by atoms with Gasteiger partial charge in [-0.2, -0.15) is 4.98 Å². The summed E-state index contributed by atoms with van der Waals surface area (Å²) in [5, 5.41) is 3.50. The Hall–Kier alpha value is -2.61. The molecule has 0 aliphatic carbocycles. The number of piperidine rings is 1. The highest BCUT2D eigenvalue weighted by molar-refractivity contribution is 9.10. The number of halogens is 1. The summed E-state index contributed by atoms with van der Waals surface area (Å²) in [7, 11) is 0. The van der Waals surface area contributed by atoms with Crippen molar-refractivity contribution in [3.63, 3.8) is 0 Å². The number of hydrogen-bond acceptors (Lipinski definition) is 6. The van der Waals surface area contributed by atoms with E-state index in [2.05, 4.69) is 73.6 Å². The summed E-state index contributed by atoms with van der Waals surface area (Å²) >= 11 is 3.44. The molecule has 1 fully saturated rings. The number of ether oxygens (including phenoxy) is 1. The second-order valence-corrected chi connectivity index (χ2v) is 9.33. The molecule has 7 nitrogen and oxygen atoms in total. The lowest BCUT2D eigenvalue weighted by atomic mass is 9.99. The number of aromatic nitrogens is 4. The topological polar surface area (TPSA) is 68.1 Å². The first-order valence-electron chi connectivity index (χ1n) is 11.3. The molecule has 1 saturated heterocycles. The number of imidazole rings is 1. The van der Waals surface area contributed by atoms with Crippen molar-refractivity contribution >= 4 is 33.4 Å². The van der Waals surface area contributed by atoms with Crippen molar-refractivity contribution in [3.05, 3.63) is 52.7 Å². The minimum atomic E-state index is 0.371. The lowest BCUT2D eigenvalue weighted by molar-refractivity contribution is 0.335. The zero-order chi connectivity index (χ0) is 22.7. The van der Waals surface area contributed by atoms with Crippen molar-refractivity contribution < 1.29 is 4.74 Å². The Bertz CT molecular complexity index is 1060. The fourth-order valence-corrected chi connectivity index (χ4v) is 4.48. The molecule has 0 saturated carbocycles. The Morgan fingerprint density at radius 1 is 1.22 bits per heavy atom. The van der Waals surface area contributed by atoms with Gasteiger partial charge in [0.1, 0.15) is 16.2 Å². The fraction of sp³-hybridized carbons (Fsp3) is 0.458. The van der Waals surface area contributed by atoms with E-state index in [1.54, 1.807) is 0 Å². The van der Waals surface area contributed by atoms with Crippen LogP contribution in [-0.4, -0.2) is 39.2 Å². The zero-order valence-corrected chi connectivity index (χ0v) is 20.8. The van der Waals surface area contributed by atoms with Crippen molar-refractivity contribution in [2.75, 3.05) is 29.9 Å². The van der Waals surface area contributed by atoms with Crippen molar-refractivity contribution in [3.8, 4) is 5.75 Å². The van der Waals surface area contributed by atoms with E-state index in [0.717, 1.165) is 59.3 Å². The van der Waals surface area contributed by atoms with E-state index in [0.29, 0.717) is 18.6 Å². The highest BCUT2D eigenvalue weighted by atomic mass is 79.9. The molecule has 1 aromatic carbocycles. The summed E-state index contributed by atoms with van der Waals surface area (Å²) < 4.78 is 8.93. The van der Waals surface area contributed by atoms with Crippen LogP contribution in [0.3, 0.4) is 0 Å². The molecule has 0 bridgehead atoms. The molecule has 1 aliphatic heterocycles. The van der Waals surface area contributed by atoms with E-state index in [4.69, 9.17) is 9.72 Å². The van der Waals surface area contributed by atoms with Gasteiger partial charge in [0, 0.05) is 37.2 Å². The van der Waals surface area contributed by atoms with Gasteiger partial charge in [-0.05, 0) is 77.9 Å². The van der Waals surface area contributed by atoms with E-state index in [-0.39, 0.29) is 0 Å². The van der Waals surface area contributed by atoms with Crippen molar-refractivity contribution in [2.45, 2.75) is 52.5 Å². The van der Waals surface area contributed by atoms with E-state index < -0.39 is 0 Å². The number of nitrogens with zero attached hydrogens (tertiary/aromatic N) is 5. The Morgan fingerprint density at radius 2 is 2.00 bits per heavy atom. The van der Waals surface area contributed by atoms with Crippen molar-refractivity contribution in [1.29, 1.82) is 0 Å². The molecule has 0 spiro atoms. The molecular formula is C24H31BrN6O. The van der Waals surface area contributed by atoms with E-state index in [9.17, 15) is 0 Å². The number of benzene rings is 1. The van der Waals surface area contributed by atoms with Gasteiger partial charge >= 0.3 is 0 Å². The number of rotatable bonds is 7. The van der Waals surface area contributed by atoms with Crippen LogP contribution in [0.25, 0.3) is 0 Å². The van der Waals surface area contributed by atoms with Crippen LogP contribution in [0.4, 0.5) is 17.5 Å². The summed E-state index contributed by atoms with van der Waals surface area (Å²) in [6.07, 6.45) is 7.86. The Labute approximate surface area is 198 Å². The molecular weight excluding hydrogens is 468 g/mol. The molecule has 0 atom stereocenters. The maximum Gasteiger partial charge on any atom is 0.227 e. The number of anilines is 3. The van der Waals surface area contributed by atoms with Crippen LogP contribution in [-0.2, 0) is 0 Å². The summed E-state index contributed by atoms with van der Waals surface area (Å²) in [5.74, 6) is 2.91. The molecule has 0 radical (unpaired) electrons. The van der Waals surface area contributed by atoms with Crippen LogP contribution in [0, 0.1) is 6.92 Å². The van der Waals surface area contributed by atoms with Gasteiger partial charge in [-0.15, -0.1) is 0 Å². The quantitative estimate of drug-likeness (QED) is 0.440. The summed E-state index contributed by atoms with van der Waals surface area (Å²) in [4.78, 5) is 15.9. The third-order valence-electron chi connectivity index (χ3n) is 5.92. The molecule has 0 amide bonds. The average molecular weight is 499 g/mol. The first-order chi connectivity index (χ1) is 15.4. The molecule has 0 unspecified atom stereocenters. The van der Waals surface area contributed by atoms with E-state index >= 15 is 0 Å². The predicted octanol–water partition coefficient (Wildman–Crippen LogP) is 5.85. The van der Waals surface area contributed by atoms with Crippen molar-refractivity contribution in [2.24, 2.45) is 0 Å². The maximum atomic E-state index is 5.86. The third kappa shape index (κ3) is 5.06. The molecule has 3 aromatic rings. The molecule has 2 aromatic heterocycles. The summed E-state index contributed by atoms with van der Waals surface area (Å²) in [5.41, 5.74) is 3.37. The molecule has 4 rings (SSSR count). The SMILES string of the molecule is CCOc1cc(C)c(Nc2ccnc(N3CCC(n4cnc(Br)c4)CC3)n2)cc1C(C)C. The second-order valence-electron chi connectivity index (χ2n) is 8.52. The monoisotopic (exact) mass is 498 g/mol. The van der Waals surface area contributed by atoms with Gasteiger partial charge in [0.05, 0.1) is 12.9 Å². The van der Waals surface area contributed by atoms with E-state index in [1.807, 2.05) is 31.7 Å². The van der Waals surface area contributed by atoms with Gasteiger partial charge in [-0.3, -0.25) is 0 Å². The zero-order valence-electron chi connectivity index (χ0n) is 19.2. The number of nitrogens with one attached hydrogen (secondary N) is 1. The lowest BCUT2D eigenvalue weighted by Gasteiger charge is -2.32. The van der Waals surface area contributed by atoms with Gasteiger partial charge in [-0.25, -0.2) is 9.97 Å². The Morgan fingerprint density at radius 3 is 2.66 bits per heavy atom. The highest BCUT2D eigenvalue weighted by Gasteiger charge is 2.22. The Kier molecular flexibility index (Phi) is 6.98. The van der Waals surface area contributed by atoms with Gasteiger partial charge in [0.15, 0.2) is 0 Å². The van der Waals surface area contributed by atoms with Crippen LogP contribution in [0.5, 0.6) is 5.75 Å². The van der Waals surface area contributed by atoms with Crippen LogP contribution in [0.15, 0.2) is 41.5 Å². The first kappa shape index (κ1) is 22.6. The second kappa shape index (κ2) is 9.90. The van der Waals surface area contributed by atoms with E-state index in [1.165, 1.54) is 5.56 Å². The largest absolute Gasteiger partial charge is 0.494 e. The highest BCUT2D eigenvalue weighted by Crippen LogP contribution is 2.34.